The van der Waals surface area contributed by atoms with Crippen molar-refractivity contribution >= 4 is 57.7 Å². The number of aliphatic carboxylic acids is 1. The summed E-state index contributed by atoms with van der Waals surface area (Å²) in [6, 6.07) is 14.3. The van der Waals surface area contributed by atoms with E-state index in [2.05, 4.69) is 22.6 Å². The highest BCUT2D eigenvalue weighted by molar-refractivity contribution is 14.1. The SMILES string of the molecule is C[C@H](c1ccc(C(F)(F)F)cc1)N1C(=O)c2cc(I)ccc2N(CCCCC(=O)O)C(=O)[C@@H]1c1ccc(Cl)cc1. The standard InChI is InChI=1S/C29H25ClF3IN2O4/c1-17(18-5-9-20(10-6-18)29(31,32)33)36-26(19-7-11-21(30)12-8-19)28(40)35(15-3-2-4-25(37)38)24-14-13-22(34)16-23(24)27(36)39/h5-14,16-17,26H,2-4,15H2,1H3,(H,37,38)/t17-,26+/m1/s1. The molecule has 0 radical (unpaired) electrons. The van der Waals surface area contributed by atoms with Crippen LogP contribution in [0.3, 0.4) is 0 Å². The maximum Gasteiger partial charge on any atom is 0.416 e. The molecule has 4 rings (SSSR count). The zero-order valence-electron chi connectivity index (χ0n) is 21.3. The Kier molecular flexibility index (Phi) is 9.09. The van der Waals surface area contributed by atoms with Gasteiger partial charge in [-0.25, -0.2) is 0 Å². The highest BCUT2D eigenvalue weighted by atomic mass is 127. The van der Waals surface area contributed by atoms with Gasteiger partial charge in [-0.3, -0.25) is 14.4 Å². The number of alkyl halides is 3. The highest BCUT2D eigenvalue weighted by Gasteiger charge is 2.43. The smallest absolute Gasteiger partial charge is 0.416 e. The predicted octanol–water partition coefficient (Wildman–Crippen LogP) is 7.51. The van der Waals surface area contributed by atoms with Crippen molar-refractivity contribution in [1.29, 1.82) is 0 Å². The topological polar surface area (TPSA) is 77.9 Å². The van der Waals surface area contributed by atoms with Crippen molar-refractivity contribution in [1.82, 2.24) is 4.90 Å². The summed E-state index contributed by atoms with van der Waals surface area (Å²) < 4.78 is 40.4. The second kappa shape index (κ2) is 12.2. The Balaban J connectivity index is 1.84. The van der Waals surface area contributed by atoms with Crippen LogP contribution in [0.1, 0.15) is 65.3 Å². The first kappa shape index (κ1) is 29.9. The number of carboxylic acid groups (broad SMARTS) is 1. The molecule has 1 heterocycles. The van der Waals surface area contributed by atoms with Crippen LogP contribution in [0, 0.1) is 3.57 Å². The fourth-order valence-corrected chi connectivity index (χ4v) is 5.41. The van der Waals surface area contributed by atoms with Crippen LogP contribution < -0.4 is 4.90 Å². The van der Waals surface area contributed by atoms with Crippen molar-refractivity contribution in [3.8, 4) is 0 Å². The number of carboxylic acids is 1. The number of hydrogen-bond acceptors (Lipinski definition) is 3. The Morgan fingerprint density at radius 3 is 2.27 bits per heavy atom. The minimum atomic E-state index is -4.52. The monoisotopic (exact) mass is 684 g/mol. The second-order valence-electron chi connectivity index (χ2n) is 9.46. The molecule has 0 fully saturated rings. The van der Waals surface area contributed by atoms with Crippen molar-refractivity contribution < 1.29 is 32.7 Å². The number of fused-ring (bicyclic) bond motifs is 1. The zero-order valence-corrected chi connectivity index (χ0v) is 24.2. The molecule has 1 aliphatic heterocycles. The summed E-state index contributed by atoms with van der Waals surface area (Å²) in [4.78, 5) is 42.5. The molecule has 6 nitrogen and oxygen atoms in total. The molecule has 0 saturated heterocycles. The van der Waals surface area contributed by atoms with Gasteiger partial charge in [0.1, 0.15) is 6.04 Å². The highest BCUT2D eigenvalue weighted by Crippen LogP contribution is 2.41. The zero-order chi connectivity index (χ0) is 29.2. The van der Waals surface area contributed by atoms with Crippen LogP contribution in [-0.2, 0) is 15.8 Å². The van der Waals surface area contributed by atoms with Gasteiger partial charge in [-0.2, -0.15) is 13.2 Å². The van der Waals surface area contributed by atoms with Crippen LogP contribution in [0.5, 0.6) is 0 Å². The molecule has 2 amide bonds. The molecule has 0 aromatic heterocycles. The molecule has 3 aromatic rings. The van der Waals surface area contributed by atoms with Crippen molar-refractivity contribution in [3.63, 3.8) is 0 Å². The van der Waals surface area contributed by atoms with Crippen LogP contribution in [0.2, 0.25) is 5.02 Å². The number of rotatable bonds is 8. The lowest BCUT2D eigenvalue weighted by atomic mass is 9.98. The van der Waals surface area contributed by atoms with E-state index in [0.29, 0.717) is 34.7 Å². The van der Waals surface area contributed by atoms with Crippen molar-refractivity contribution in [2.75, 3.05) is 11.4 Å². The average Bonchev–Trinajstić information content (AvgIpc) is 2.99. The molecule has 0 bridgehead atoms. The molecule has 11 heteroatoms. The number of benzene rings is 3. The van der Waals surface area contributed by atoms with Crippen LogP contribution in [0.25, 0.3) is 0 Å². The van der Waals surface area contributed by atoms with E-state index in [1.54, 1.807) is 49.4 Å². The van der Waals surface area contributed by atoms with Gasteiger partial charge in [-0.1, -0.05) is 35.9 Å². The van der Waals surface area contributed by atoms with Gasteiger partial charge in [0.05, 0.1) is 22.9 Å². The summed E-state index contributed by atoms with van der Waals surface area (Å²) in [7, 11) is 0. The maximum atomic E-state index is 14.3. The van der Waals surface area contributed by atoms with E-state index in [1.165, 1.54) is 21.9 Å². The summed E-state index contributed by atoms with van der Waals surface area (Å²) in [5, 5.41) is 9.48. The third-order valence-electron chi connectivity index (χ3n) is 6.84. The predicted molar refractivity (Wildman–Crippen MR) is 153 cm³/mol. The number of anilines is 1. The molecule has 40 heavy (non-hydrogen) atoms. The Labute approximate surface area is 247 Å². The Hall–Kier alpha value is -3.12. The molecule has 1 aliphatic rings. The largest absolute Gasteiger partial charge is 0.481 e. The number of unbranched alkanes of at least 4 members (excludes halogenated alkanes) is 1. The first-order valence-corrected chi connectivity index (χ1v) is 13.9. The van der Waals surface area contributed by atoms with Gasteiger partial charge < -0.3 is 14.9 Å². The summed E-state index contributed by atoms with van der Waals surface area (Å²) in [5.41, 5.74) is 0.763. The van der Waals surface area contributed by atoms with Gasteiger partial charge in [-0.05, 0) is 95.9 Å². The summed E-state index contributed by atoms with van der Waals surface area (Å²) >= 11 is 8.18. The van der Waals surface area contributed by atoms with Crippen molar-refractivity contribution in [2.45, 2.75) is 44.4 Å². The number of hydrogen-bond donors (Lipinski definition) is 1. The van der Waals surface area contributed by atoms with Crippen LogP contribution in [0.4, 0.5) is 18.9 Å². The first-order valence-electron chi connectivity index (χ1n) is 12.5. The lowest BCUT2D eigenvalue weighted by Gasteiger charge is -2.36. The molecule has 2 atom stereocenters. The molecular formula is C29H25ClF3IN2O4. The van der Waals surface area contributed by atoms with Crippen molar-refractivity contribution in [2.24, 2.45) is 0 Å². The van der Waals surface area contributed by atoms with Crippen LogP contribution in [0.15, 0.2) is 66.7 Å². The molecule has 0 saturated carbocycles. The second-order valence-corrected chi connectivity index (χ2v) is 11.1. The molecule has 3 aromatic carbocycles. The normalized spacial score (nSPS) is 16.5. The Morgan fingerprint density at radius 2 is 1.68 bits per heavy atom. The molecule has 210 valence electrons. The quantitative estimate of drug-likeness (QED) is 0.197. The van der Waals surface area contributed by atoms with E-state index >= 15 is 0 Å². The Bertz CT molecular complexity index is 1410. The Morgan fingerprint density at radius 1 is 1.02 bits per heavy atom. The van der Waals surface area contributed by atoms with Crippen molar-refractivity contribution in [3.05, 3.63) is 97.6 Å². The maximum absolute atomic E-state index is 14.3. The number of carbonyl (C=O) groups excluding carboxylic acids is 2. The van der Waals surface area contributed by atoms with E-state index in [-0.39, 0.29) is 18.5 Å². The van der Waals surface area contributed by atoms with Gasteiger partial charge in [0.25, 0.3) is 11.8 Å². The van der Waals surface area contributed by atoms with Gasteiger partial charge in [0.2, 0.25) is 0 Å². The summed E-state index contributed by atoms with van der Waals surface area (Å²) in [6.07, 6.45) is -3.85. The van der Waals surface area contributed by atoms with E-state index in [4.69, 9.17) is 16.7 Å². The molecule has 0 unspecified atom stereocenters. The van der Waals surface area contributed by atoms with Crippen LogP contribution >= 0.6 is 34.2 Å². The van der Waals surface area contributed by atoms with Gasteiger partial charge in [0.15, 0.2) is 0 Å². The fourth-order valence-electron chi connectivity index (χ4n) is 4.79. The summed E-state index contributed by atoms with van der Waals surface area (Å²) in [5.74, 6) is -1.81. The number of amides is 2. The molecule has 0 aliphatic carbocycles. The van der Waals surface area contributed by atoms with E-state index in [9.17, 15) is 27.6 Å². The number of nitrogens with zero attached hydrogens (tertiary/aromatic N) is 2. The summed E-state index contributed by atoms with van der Waals surface area (Å²) in [6.45, 7) is 1.85. The first-order chi connectivity index (χ1) is 18.9. The molecule has 1 N–H and O–H groups in total. The lowest BCUT2D eigenvalue weighted by molar-refractivity contribution is -0.138. The van der Waals surface area contributed by atoms with E-state index in [1.807, 2.05) is 0 Å². The number of carbonyl (C=O) groups is 3. The third kappa shape index (κ3) is 6.43. The minimum absolute atomic E-state index is 0.0573. The number of halogens is 5. The van der Waals surface area contributed by atoms with Gasteiger partial charge in [-0.15, -0.1) is 0 Å². The average molecular weight is 685 g/mol. The molecular weight excluding hydrogens is 660 g/mol. The minimum Gasteiger partial charge on any atom is -0.481 e. The van der Waals surface area contributed by atoms with Gasteiger partial charge >= 0.3 is 12.1 Å². The fraction of sp³-hybridized carbons (Fsp3) is 0.276. The molecule has 0 spiro atoms. The van der Waals surface area contributed by atoms with Crippen LogP contribution in [-0.4, -0.2) is 34.3 Å². The lowest BCUT2D eigenvalue weighted by Crippen LogP contribution is -2.44. The van der Waals surface area contributed by atoms with E-state index < -0.39 is 41.6 Å². The van der Waals surface area contributed by atoms with E-state index in [0.717, 1.165) is 15.7 Å². The third-order valence-corrected chi connectivity index (χ3v) is 7.76. The van der Waals surface area contributed by atoms with Gasteiger partial charge in [0, 0.05) is 21.6 Å².